The third-order valence-electron chi connectivity index (χ3n) is 2.79. The van der Waals surface area contributed by atoms with Crippen molar-refractivity contribution in [3.63, 3.8) is 0 Å². The van der Waals surface area contributed by atoms with E-state index in [0.717, 1.165) is 0 Å². The number of hydrogen-bond donors (Lipinski definition) is 2. The van der Waals surface area contributed by atoms with E-state index in [1.807, 2.05) is 0 Å². The molecule has 18 heavy (non-hydrogen) atoms. The zero-order valence-corrected chi connectivity index (χ0v) is 9.92. The molecule has 1 aliphatic rings. The number of fused-ring (bicyclic) bond motifs is 1. The molecule has 0 saturated carbocycles. The first kappa shape index (κ1) is 12.4. The third-order valence-corrected chi connectivity index (χ3v) is 2.79. The van der Waals surface area contributed by atoms with Crippen LogP contribution in [0.1, 0.15) is 0 Å². The lowest BCUT2D eigenvalue weighted by atomic mass is 10.1. The Kier molecular flexibility index (Phi) is 3.47. The first-order valence-corrected chi connectivity index (χ1v) is 5.50. The van der Waals surface area contributed by atoms with E-state index in [1.165, 1.54) is 7.11 Å². The highest BCUT2D eigenvalue weighted by Gasteiger charge is 2.32. The van der Waals surface area contributed by atoms with Crippen LogP contribution >= 0.6 is 0 Å². The number of carbonyl (C=O) groups excluding carboxylic acids is 1. The van der Waals surface area contributed by atoms with Crippen molar-refractivity contribution in [1.29, 1.82) is 0 Å². The molecule has 0 saturated heterocycles. The minimum absolute atomic E-state index is 0.0112. The van der Waals surface area contributed by atoms with Crippen molar-refractivity contribution < 1.29 is 19.4 Å². The van der Waals surface area contributed by atoms with E-state index < -0.39 is 12.0 Å². The zero-order valence-electron chi connectivity index (χ0n) is 9.92. The number of carbonyl (C=O) groups is 2. The number of rotatable bonds is 4. The number of para-hydroxylation sites is 2. The smallest absolute Gasteiger partial charge is 0.328 e. The summed E-state index contributed by atoms with van der Waals surface area (Å²) in [5.74, 6) is -1.24. The number of aliphatic carboxylic acids is 1. The van der Waals surface area contributed by atoms with Gasteiger partial charge in [0.2, 0.25) is 5.91 Å². The lowest BCUT2D eigenvalue weighted by Gasteiger charge is -2.34. The molecule has 1 aromatic carbocycles. The quantitative estimate of drug-likeness (QED) is 0.815. The van der Waals surface area contributed by atoms with Crippen LogP contribution in [0, 0.1) is 0 Å². The molecule has 1 aromatic rings. The fourth-order valence-electron chi connectivity index (χ4n) is 1.99. The predicted octanol–water partition coefficient (Wildman–Crippen LogP) is 0.545. The van der Waals surface area contributed by atoms with Crippen LogP contribution in [-0.2, 0) is 14.3 Å². The summed E-state index contributed by atoms with van der Waals surface area (Å²) >= 11 is 0. The van der Waals surface area contributed by atoms with Crippen molar-refractivity contribution >= 4 is 23.3 Å². The number of benzene rings is 1. The van der Waals surface area contributed by atoms with Gasteiger partial charge in [-0.25, -0.2) is 4.79 Å². The Morgan fingerprint density at radius 3 is 2.94 bits per heavy atom. The summed E-state index contributed by atoms with van der Waals surface area (Å²) in [5.41, 5.74) is 1.32. The highest BCUT2D eigenvalue weighted by molar-refractivity contribution is 6.02. The van der Waals surface area contributed by atoms with Gasteiger partial charge in [0.05, 0.1) is 24.5 Å². The summed E-state index contributed by atoms with van der Waals surface area (Å²) < 4.78 is 4.91. The van der Waals surface area contributed by atoms with Crippen molar-refractivity contribution in [1.82, 2.24) is 0 Å². The van der Waals surface area contributed by atoms with Crippen LogP contribution in [-0.4, -0.2) is 43.3 Å². The molecule has 0 bridgehead atoms. The van der Waals surface area contributed by atoms with Crippen molar-refractivity contribution in [3.8, 4) is 0 Å². The summed E-state index contributed by atoms with van der Waals surface area (Å²) in [5, 5.41) is 11.9. The Morgan fingerprint density at radius 1 is 1.56 bits per heavy atom. The van der Waals surface area contributed by atoms with E-state index in [9.17, 15) is 14.7 Å². The lowest BCUT2D eigenvalue weighted by molar-refractivity contribution is -0.139. The second-order valence-electron chi connectivity index (χ2n) is 4.00. The van der Waals surface area contributed by atoms with Crippen LogP contribution in [0.15, 0.2) is 24.3 Å². The molecule has 2 rings (SSSR count). The van der Waals surface area contributed by atoms with Gasteiger partial charge < -0.3 is 20.1 Å². The normalized spacial score (nSPS) is 15.8. The first-order valence-electron chi connectivity index (χ1n) is 5.50. The number of ether oxygens (including phenoxy) is 1. The number of amides is 1. The summed E-state index contributed by atoms with van der Waals surface area (Å²) in [7, 11) is 1.44. The van der Waals surface area contributed by atoms with E-state index >= 15 is 0 Å². The molecule has 1 heterocycles. The minimum atomic E-state index is -1.01. The Hall–Kier alpha value is -2.08. The molecule has 6 nitrogen and oxygen atoms in total. The summed E-state index contributed by atoms with van der Waals surface area (Å²) in [6.07, 6.45) is 0. The summed E-state index contributed by atoms with van der Waals surface area (Å²) in [4.78, 5) is 24.4. The van der Waals surface area contributed by atoms with E-state index in [1.54, 1.807) is 29.2 Å². The van der Waals surface area contributed by atoms with E-state index in [-0.39, 0.29) is 19.1 Å². The van der Waals surface area contributed by atoms with Crippen LogP contribution in [0.2, 0.25) is 0 Å². The molecule has 1 amide bonds. The lowest BCUT2D eigenvalue weighted by Crippen LogP contribution is -2.50. The maximum atomic E-state index is 11.6. The SMILES string of the molecule is COCC(C(=O)O)N1CC(=O)Nc2ccccc21. The van der Waals surface area contributed by atoms with Gasteiger partial charge in [-0.05, 0) is 12.1 Å². The highest BCUT2D eigenvalue weighted by atomic mass is 16.5. The van der Waals surface area contributed by atoms with Gasteiger partial charge in [0.1, 0.15) is 0 Å². The molecular weight excluding hydrogens is 236 g/mol. The third kappa shape index (κ3) is 2.28. The Balaban J connectivity index is 2.37. The van der Waals surface area contributed by atoms with Crippen molar-refractivity contribution in [2.45, 2.75) is 6.04 Å². The largest absolute Gasteiger partial charge is 0.480 e. The Bertz CT molecular complexity index is 475. The number of anilines is 2. The van der Waals surface area contributed by atoms with Gasteiger partial charge in [0.15, 0.2) is 6.04 Å². The van der Waals surface area contributed by atoms with Crippen LogP contribution in [0.5, 0.6) is 0 Å². The standard InChI is InChI=1S/C12H14N2O4/c1-18-7-10(12(16)17)14-6-11(15)13-8-4-2-3-5-9(8)14/h2-5,10H,6-7H2,1H3,(H,13,15)(H,16,17). The number of nitrogens with zero attached hydrogens (tertiary/aromatic N) is 1. The van der Waals surface area contributed by atoms with Crippen molar-refractivity contribution in [3.05, 3.63) is 24.3 Å². The number of hydrogen-bond acceptors (Lipinski definition) is 4. The summed E-state index contributed by atoms with van der Waals surface area (Å²) in [6.45, 7) is 0.0360. The molecule has 0 aromatic heterocycles. The van der Waals surface area contributed by atoms with Crippen LogP contribution < -0.4 is 10.2 Å². The second kappa shape index (κ2) is 5.05. The van der Waals surface area contributed by atoms with Gasteiger partial charge in [-0.15, -0.1) is 0 Å². The van der Waals surface area contributed by atoms with Gasteiger partial charge >= 0.3 is 5.97 Å². The fourth-order valence-corrected chi connectivity index (χ4v) is 1.99. The second-order valence-corrected chi connectivity index (χ2v) is 4.00. The first-order chi connectivity index (χ1) is 8.63. The van der Waals surface area contributed by atoms with Crippen molar-refractivity contribution in [2.75, 3.05) is 30.5 Å². The number of nitrogens with one attached hydrogen (secondary N) is 1. The van der Waals surface area contributed by atoms with E-state index in [4.69, 9.17) is 4.74 Å². The maximum Gasteiger partial charge on any atom is 0.328 e. The Labute approximate surface area is 104 Å². The molecule has 96 valence electrons. The van der Waals surface area contributed by atoms with Gasteiger partial charge in [-0.3, -0.25) is 4.79 Å². The van der Waals surface area contributed by atoms with Gasteiger partial charge in [0.25, 0.3) is 0 Å². The number of carboxylic acids is 1. The van der Waals surface area contributed by atoms with Gasteiger partial charge in [-0.2, -0.15) is 0 Å². The highest BCUT2D eigenvalue weighted by Crippen LogP contribution is 2.30. The Morgan fingerprint density at radius 2 is 2.28 bits per heavy atom. The molecule has 0 aliphatic carbocycles. The summed E-state index contributed by atoms with van der Waals surface area (Å²) in [6, 6.07) is 6.23. The van der Waals surface area contributed by atoms with Crippen LogP contribution in [0.3, 0.4) is 0 Å². The average Bonchev–Trinajstić information content (AvgIpc) is 2.34. The monoisotopic (exact) mass is 250 g/mol. The predicted molar refractivity (Wildman–Crippen MR) is 65.7 cm³/mol. The van der Waals surface area contributed by atoms with E-state index in [2.05, 4.69) is 5.32 Å². The van der Waals surface area contributed by atoms with Gasteiger partial charge in [-0.1, -0.05) is 12.1 Å². The molecular formula is C12H14N2O4. The topological polar surface area (TPSA) is 78.9 Å². The molecule has 6 heteroatoms. The molecule has 1 atom stereocenters. The molecule has 1 aliphatic heterocycles. The minimum Gasteiger partial charge on any atom is -0.480 e. The number of carboxylic acid groups (broad SMARTS) is 1. The van der Waals surface area contributed by atoms with Crippen molar-refractivity contribution in [2.24, 2.45) is 0 Å². The van der Waals surface area contributed by atoms with Crippen LogP contribution in [0.4, 0.5) is 11.4 Å². The zero-order chi connectivity index (χ0) is 13.1. The number of methoxy groups -OCH3 is 1. The molecule has 0 spiro atoms. The maximum absolute atomic E-state index is 11.6. The van der Waals surface area contributed by atoms with Crippen LogP contribution in [0.25, 0.3) is 0 Å². The fraction of sp³-hybridized carbons (Fsp3) is 0.333. The average molecular weight is 250 g/mol. The van der Waals surface area contributed by atoms with E-state index in [0.29, 0.717) is 11.4 Å². The van der Waals surface area contributed by atoms with Gasteiger partial charge in [0, 0.05) is 7.11 Å². The molecule has 0 fully saturated rings. The molecule has 2 N–H and O–H groups in total. The molecule has 0 radical (unpaired) electrons. The molecule has 1 unspecified atom stereocenters.